The van der Waals surface area contributed by atoms with Gasteiger partial charge in [-0.3, -0.25) is 9.59 Å². The summed E-state index contributed by atoms with van der Waals surface area (Å²) < 4.78 is 14.3. The molecule has 0 fully saturated rings. The van der Waals surface area contributed by atoms with Crippen molar-refractivity contribution in [2.45, 2.75) is 66.8 Å². The molecule has 0 spiro atoms. The van der Waals surface area contributed by atoms with E-state index in [2.05, 4.69) is 15.0 Å². The van der Waals surface area contributed by atoms with Gasteiger partial charge in [0.1, 0.15) is 5.41 Å². The molecular formula is C18H32N3NaO6Si. The summed E-state index contributed by atoms with van der Waals surface area (Å²) in [7, 11) is -2.57. The second-order valence-electron chi connectivity index (χ2n) is 6.33. The number of nitrogens with zero attached hydrogens (tertiary/aromatic N) is 2. The number of rotatable bonds is 10. The van der Waals surface area contributed by atoms with Crippen LogP contribution in [-0.2, 0) is 23.2 Å². The van der Waals surface area contributed by atoms with Crippen molar-refractivity contribution in [3.8, 4) is 0 Å². The first-order valence-electron chi connectivity index (χ1n) is 9.71. The van der Waals surface area contributed by atoms with E-state index in [-0.39, 0.29) is 35.5 Å². The van der Waals surface area contributed by atoms with E-state index in [1.165, 1.54) is 6.08 Å². The molecule has 160 valence electrons. The molecule has 0 saturated carbocycles. The maximum absolute atomic E-state index is 11.9. The molecular weight excluding hydrogens is 405 g/mol. The molecule has 0 radical (unpaired) electrons. The largest absolute Gasteiger partial charge is 1.00 e. The van der Waals surface area contributed by atoms with Crippen LogP contribution >= 0.6 is 0 Å². The van der Waals surface area contributed by atoms with Gasteiger partial charge in [0.25, 0.3) is 5.91 Å². The number of carbonyl (C=O) groups excluding carboxylic acids is 3. The van der Waals surface area contributed by atoms with Crippen molar-refractivity contribution in [3.63, 3.8) is 0 Å². The molecule has 1 heterocycles. The minimum Gasteiger partial charge on any atom is -0.846 e. The van der Waals surface area contributed by atoms with Crippen LogP contribution in [0.2, 0.25) is 6.04 Å². The van der Waals surface area contributed by atoms with Gasteiger partial charge in [-0.25, -0.2) is 9.79 Å². The van der Waals surface area contributed by atoms with Gasteiger partial charge in [-0.05, 0) is 32.6 Å². The number of carbonyl (C=O) groups is 2. The first kappa shape index (κ1) is 30.3. The molecule has 11 heteroatoms. The van der Waals surface area contributed by atoms with E-state index in [4.69, 9.17) is 8.85 Å². The maximum Gasteiger partial charge on any atom is 1.00 e. The van der Waals surface area contributed by atoms with Crippen LogP contribution in [0.25, 0.3) is 0 Å². The number of hydrogen-bond acceptors (Lipinski definition) is 7. The van der Waals surface area contributed by atoms with Crippen LogP contribution in [0, 0.1) is 11.3 Å². The molecule has 2 amide bonds. The number of isocyanates is 1. The van der Waals surface area contributed by atoms with Gasteiger partial charge in [-0.15, -0.1) is 0 Å². The van der Waals surface area contributed by atoms with Gasteiger partial charge >= 0.3 is 38.3 Å². The van der Waals surface area contributed by atoms with Crippen molar-refractivity contribution < 1.29 is 57.9 Å². The third kappa shape index (κ3) is 8.05. The minimum absolute atomic E-state index is 0. The Kier molecular flexibility index (Phi) is 15.7. The molecule has 0 aliphatic carbocycles. The zero-order valence-electron chi connectivity index (χ0n) is 18.7. The smallest absolute Gasteiger partial charge is 0.846 e. The molecule has 2 unspecified atom stereocenters. The van der Waals surface area contributed by atoms with E-state index in [1.54, 1.807) is 6.92 Å². The summed E-state index contributed by atoms with van der Waals surface area (Å²) in [5, 5.41) is 13.1. The number of amides is 2. The van der Waals surface area contributed by atoms with E-state index in [9.17, 15) is 19.5 Å². The van der Waals surface area contributed by atoms with Crippen LogP contribution in [0.1, 0.15) is 60.8 Å². The van der Waals surface area contributed by atoms with Crippen LogP contribution < -0.4 is 40.0 Å². The van der Waals surface area contributed by atoms with Crippen molar-refractivity contribution in [1.82, 2.24) is 5.32 Å². The molecule has 29 heavy (non-hydrogen) atoms. The number of nitrogens with one attached hydrogen (secondary N) is 1. The Bertz CT molecular complexity index is 606. The maximum atomic E-state index is 11.9. The average Bonchev–Trinajstić information content (AvgIpc) is 2.63. The SMILES string of the molecule is CCCC(C)C1(CC)C(=O)N=C([O-])NC1=O.CCO[Si](CC)(N=C=O)OCC.[Na+]. The summed E-state index contributed by atoms with van der Waals surface area (Å²) in [5.74, 6) is -1.20. The van der Waals surface area contributed by atoms with Crippen molar-refractivity contribution in [2.75, 3.05) is 13.2 Å². The average molecular weight is 438 g/mol. The Hall–Kier alpha value is -0.873. The van der Waals surface area contributed by atoms with Gasteiger partial charge in [0, 0.05) is 19.3 Å². The van der Waals surface area contributed by atoms with Gasteiger partial charge in [0.15, 0.2) is 0 Å². The Morgan fingerprint density at radius 3 is 2.10 bits per heavy atom. The fraction of sp³-hybridized carbons (Fsp3) is 0.778. The van der Waals surface area contributed by atoms with E-state index in [1.807, 2.05) is 34.6 Å². The minimum atomic E-state index is -2.57. The number of aliphatic imine (C=N–C) groups is 1. The molecule has 0 bridgehead atoms. The van der Waals surface area contributed by atoms with Crippen LogP contribution in [0.3, 0.4) is 0 Å². The van der Waals surface area contributed by atoms with E-state index < -0.39 is 32.0 Å². The Labute approximate surface area is 196 Å². The quantitative estimate of drug-likeness (QED) is 0.193. The molecule has 1 aliphatic rings. The fourth-order valence-corrected chi connectivity index (χ4v) is 5.03. The van der Waals surface area contributed by atoms with E-state index in [0.717, 1.165) is 12.8 Å². The standard InChI is InChI=1S/C11H18N2O3.C7H15NO3Si.Na/c1-4-6-7(3)11(5-2)8(14)12-10(16)13-9(11)15;1-4-10-12(6-3,8-7-9)11-5-2;/h7H,4-6H2,1-3H3,(H2,12,13,14,15,16);4-6H2,1-3H3;/q;;+1/p-1. The van der Waals surface area contributed by atoms with Gasteiger partial charge in [-0.1, -0.05) is 34.1 Å². The number of hydrogen-bond donors (Lipinski definition) is 1. The first-order valence-corrected chi connectivity index (χ1v) is 11.7. The predicted molar refractivity (Wildman–Crippen MR) is 105 cm³/mol. The zero-order chi connectivity index (χ0) is 21.8. The summed E-state index contributed by atoms with van der Waals surface area (Å²) in [5.41, 5.74) is -1.15. The van der Waals surface area contributed by atoms with Gasteiger partial charge in [-0.2, -0.15) is 4.66 Å². The molecule has 1 N–H and O–H groups in total. The number of amidine groups is 1. The normalized spacial score (nSPS) is 19.6. The molecule has 1 aliphatic heterocycles. The summed E-state index contributed by atoms with van der Waals surface area (Å²) in [6, 6.07) is -0.202. The van der Waals surface area contributed by atoms with Crippen LogP contribution in [0.5, 0.6) is 0 Å². The Morgan fingerprint density at radius 2 is 1.76 bits per heavy atom. The fourth-order valence-electron chi connectivity index (χ4n) is 3.21. The van der Waals surface area contributed by atoms with Gasteiger partial charge in [0.05, 0.1) is 6.02 Å². The molecule has 0 saturated heterocycles. The third-order valence-corrected chi connectivity index (χ3v) is 7.54. The van der Waals surface area contributed by atoms with Crippen LogP contribution in [0.15, 0.2) is 9.65 Å². The second-order valence-corrected chi connectivity index (χ2v) is 9.26. The molecule has 1 rings (SSSR count). The Morgan fingerprint density at radius 1 is 1.21 bits per heavy atom. The third-order valence-electron chi connectivity index (χ3n) is 4.73. The van der Waals surface area contributed by atoms with Crippen molar-refractivity contribution >= 4 is 32.6 Å². The Balaban J connectivity index is 0. The predicted octanol–water partition coefficient (Wildman–Crippen LogP) is -1.45. The summed E-state index contributed by atoms with van der Waals surface area (Å²) in [4.78, 5) is 37.2. The first-order chi connectivity index (χ1) is 13.2. The van der Waals surface area contributed by atoms with Gasteiger partial charge in [0.2, 0.25) is 12.0 Å². The van der Waals surface area contributed by atoms with Crippen LogP contribution in [0.4, 0.5) is 0 Å². The topological polar surface area (TPSA) is 129 Å². The molecule has 9 nitrogen and oxygen atoms in total. The molecule has 2 atom stereocenters. The zero-order valence-corrected chi connectivity index (χ0v) is 21.7. The van der Waals surface area contributed by atoms with Crippen molar-refractivity contribution in [3.05, 3.63) is 0 Å². The van der Waals surface area contributed by atoms with E-state index in [0.29, 0.717) is 25.7 Å². The van der Waals surface area contributed by atoms with Crippen molar-refractivity contribution in [1.29, 1.82) is 0 Å². The van der Waals surface area contributed by atoms with Crippen LogP contribution in [-0.4, -0.2) is 45.9 Å². The molecule has 0 aromatic carbocycles. The summed E-state index contributed by atoms with van der Waals surface area (Å²) in [6.07, 6.45) is 3.53. The van der Waals surface area contributed by atoms with Gasteiger partial charge < -0.3 is 19.3 Å². The van der Waals surface area contributed by atoms with E-state index >= 15 is 0 Å². The molecule has 0 aromatic heterocycles. The second kappa shape index (κ2) is 15.0. The summed E-state index contributed by atoms with van der Waals surface area (Å²) in [6.45, 7) is 12.3. The monoisotopic (exact) mass is 437 g/mol. The summed E-state index contributed by atoms with van der Waals surface area (Å²) >= 11 is 0. The molecule has 0 aromatic rings. The van der Waals surface area contributed by atoms with Crippen molar-refractivity contribution in [2.24, 2.45) is 21.0 Å².